The highest BCUT2D eigenvalue weighted by Gasteiger charge is 2.31. The van der Waals surface area contributed by atoms with Gasteiger partial charge in [-0.3, -0.25) is 4.79 Å². The number of aliphatic hydroxyl groups excluding tert-OH is 1. The van der Waals surface area contributed by atoms with E-state index in [1.807, 2.05) is 0 Å². The zero-order chi connectivity index (χ0) is 15.2. The molecule has 0 heterocycles. The van der Waals surface area contributed by atoms with E-state index in [0.29, 0.717) is 37.0 Å². The largest absolute Gasteiger partial charge is 0.393 e. The summed E-state index contributed by atoms with van der Waals surface area (Å²) in [6.45, 7) is 2.30. The highest BCUT2D eigenvalue weighted by molar-refractivity contribution is 5.73. The van der Waals surface area contributed by atoms with E-state index < -0.39 is 0 Å². The van der Waals surface area contributed by atoms with Crippen LogP contribution in [-0.2, 0) is 4.79 Å². The average Bonchev–Trinajstić information content (AvgIpc) is 2.46. The molecule has 21 heavy (non-hydrogen) atoms. The molecule has 0 bridgehead atoms. The molecule has 0 aromatic heterocycles. The number of nitrogens with two attached hydrogens (primary N) is 1. The SMILES string of the molecule is C[C@H]1C=CC2=CCCC[C@@H]2[C@H]1CCC(O)CCCC(N)=O. The predicted octanol–water partition coefficient (Wildman–Crippen LogP) is 3.33. The van der Waals surface area contributed by atoms with Crippen molar-refractivity contribution in [3.63, 3.8) is 0 Å². The standard InChI is InChI=1S/C18H29NO2/c1-13-9-10-14-5-2-3-7-17(14)16(13)12-11-15(20)6-4-8-18(19)21/h5,9-10,13,15-17,20H,2-4,6-8,11-12H2,1H3,(H2,19,21)/t13-,15?,16-,17-/m0/s1. The summed E-state index contributed by atoms with van der Waals surface area (Å²) in [5, 5.41) is 10.1. The fraction of sp³-hybridized carbons (Fsp3) is 0.722. The normalized spacial score (nSPS) is 29.6. The molecule has 0 spiro atoms. The first-order chi connectivity index (χ1) is 10.1. The van der Waals surface area contributed by atoms with Crippen LogP contribution in [0, 0.1) is 17.8 Å². The molecule has 0 saturated carbocycles. The summed E-state index contributed by atoms with van der Waals surface area (Å²) < 4.78 is 0. The smallest absolute Gasteiger partial charge is 0.217 e. The summed E-state index contributed by atoms with van der Waals surface area (Å²) >= 11 is 0. The molecule has 2 aliphatic rings. The molecule has 3 N–H and O–H groups in total. The Morgan fingerprint density at radius 2 is 2.29 bits per heavy atom. The lowest BCUT2D eigenvalue weighted by molar-refractivity contribution is -0.118. The lowest BCUT2D eigenvalue weighted by atomic mass is 9.68. The molecule has 0 aromatic rings. The van der Waals surface area contributed by atoms with Crippen molar-refractivity contribution in [2.24, 2.45) is 23.5 Å². The first kappa shape index (κ1) is 16.3. The monoisotopic (exact) mass is 291 g/mol. The van der Waals surface area contributed by atoms with Gasteiger partial charge in [0.05, 0.1) is 6.10 Å². The molecule has 0 aromatic carbocycles. The Kier molecular flexibility index (Phi) is 6.04. The van der Waals surface area contributed by atoms with Crippen molar-refractivity contribution in [3.05, 3.63) is 23.8 Å². The van der Waals surface area contributed by atoms with E-state index in [4.69, 9.17) is 5.73 Å². The van der Waals surface area contributed by atoms with Crippen molar-refractivity contribution in [2.45, 2.75) is 64.4 Å². The van der Waals surface area contributed by atoms with Gasteiger partial charge >= 0.3 is 0 Å². The Bertz CT molecular complexity index is 413. The summed E-state index contributed by atoms with van der Waals surface area (Å²) in [6, 6.07) is 0. The van der Waals surface area contributed by atoms with Gasteiger partial charge in [0.25, 0.3) is 0 Å². The van der Waals surface area contributed by atoms with Crippen LogP contribution in [0.1, 0.15) is 58.3 Å². The Morgan fingerprint density at radius 1 is 1.48 bits per heavy atom. The summed E-state index contributed by atoms with van der Waals surface area (Å²) in [5.41, 5.74) is 6.65. The quantitative estimate of drug-likeness (QED) is 0.755. The van der Waals surface area contributed by atoms with Crippen LogP contribution >= 0.6 is 0 Å². The van der Waals surface area contributed by atoms with Gasteiger partial charge in [-0.2, -0.15) is 0 Å². The van der Waals surface area contributed by atoms with Crippen LogP contribution in [-0.4, -0.2) is 17.1 Å². The third-order valence-corrected chi connectivity index (χ3v) is 5.11. The molecule has 1 unspecified atom stereocenters. The van der Waals surface area contributed by atoms with E-state index in [0.717, 1.165) is 12.8 Å². The zero-order valence-electron chi connectivity index (χ0n) is 13.1. The molecule has 3 heteroatoms. The van der Waals surface area contributed by atoms with E-state index in [1.165, 1.54) is 24.8 Å². The summed E-state index contributed by atoms with van der Waals surface area (Å²) in [7, 11) is 0. The van der Waals surface area contributed by atoms with E-state index in [9.17, 15) is 9.90 Å². The van der Waals surface area contributed by atoms with Crippen molar-refractivity contribution in [3.8, 4) is 0 Å². The van der Waals surface area contributed by atoms with Crippen LogP contribution < -0.4 is 5.73 Å². The molecular weight excluding hydrogens is 262 g/mol. The molecule has 0 aliphatic heterocycles. The van der Waals surface area contributed by atoms with Crippen LogP contribution in [0.15, 0.2) is 23.8 Å². The van der Waals surface area contributed by atoms with Gasteiger partial charge in [-0.25, -0.2) is 0 Å². The molecule has 3 nitrogen and oxygen atoms in total. The Labute approximate surface area is 128 Å². The molecule has 2 aliphatic carbocycles. The molecule has 4 atom stereocenters. The number of allylic oxidation sites excluding steroid dienone is 4. The maximum atomic E-state index is 10.7. The number of hydrogen-bond donors (Lipinski definition) is 2. The number of amides is 1. The maximum absolute atomic E-state index is 10.7. The number of hydrogen-bond acceptors (Lipinski definition) is 2. The van der Waals surface area contributed by atoms with Crippen LogP contribution in [0.4, 0.5) is 0 Å². The first-order valence-corrected chi connectivity index (χ1v) is 8.42. The highest BCUT2D eigenvalue weighted by atomic mass is 16.3. The zero-order valence-corrected chi connectivity index (χ0v) is 13.1. The summed E-state index contributed by atoms with van der Waals surface area (Å²) in [5.74, 6) is 1.68. The molecule has 0 fully saturated rings. The highest BCUT2D eigenvalue weighted by Crippen LogP contribution is 2.42. The molecule has 1 amide bonds. The van der Waals surface area contributed by atoms with Gasteiger partial charge in [0.1, 0.15) is 0 Å². The van der Waals surface area contributed by atoms with E-state index in [-0.39, 0.29) is 12.0 Å². The van der Waals surface area contributed by atoms with Crippen LogP contribution in [0.25, 0.3) is 0 Å². The number of rotatable bonds is 7. The van der Waals surface area contributed by atoms with Crippen molar-refractivity contribution in [1.29, 1.82) is 0 Å². The third-order valence-electron chi connectivity index (χ3n) is 5.11. The summed E-state index contributed by atoms with van der Waals surface area (Å²) in [6.07, 6.45) is 14.2. The number of carbonyl (C=O) groups excluding carboxylic acids is 1. The topological polar surface area (TPSA) is 63.3 Å². The molecule has 118 valence electrons. The maximum Gasteiger partial charge on any atom is 0.217 e. The number of carbonyl (C=O) groups is 1. The fourth-order valence-corrected chi connectivity index (χ4v) is 3.85. The fourth-order valence-electron chi connectivity index (χ4n) is 3.85. The lowest BCUT2D eigenvalue weighted by Crippen LogP contribution is -2.28. The van der Waals surface area contributed by atoms with Gasteiger partial charge in [-0.1, -0.05) is 25.2 Å². The second-order valence-corrected chi connectivity index (χ2v) is 6.71. The third kappa shape index (κ3) is 4.70. The van der Waals surface area contributed by atoms with Gasteiger partial charge in [0.2, 0.25) is 5.91 Å². The number of primary amides is 1. The van der Waals surface area contributed by atoms with Gasteiger partial charge in [-0.05, 0) is 68.3 Å². The van der Waals surface area contributed by atoms with Gasteiger partial charge in [0, 0.05) is 6.42 Å². The van der Waals surface area contributed by atoms with Crippen molar-refractivity contribution >= 4 is 5.91 Å². The summed E-state index contributed by atoms with van der Waals surface area (Å²) in [4.78, 5) is 10.7. The molecule has 2 rings (SSSR count). The Hall–Kier alpha value is -1.09. The van der Waals surface area contributed by atoms with Crippen LogP contribution in [0.3, 0.4) is 0 Å². The molecular formula is C18H29NO2. The second-order valence-electron chi connectivity index (χ2n) is 6.71. The van der Waals surface area contributed by atoms with Gasteiger partial charge in [-0.15, -0.1) is 0 Å². The average molecular weight is 291 g/mol. The minimum Gasteiger partial charge on any atom is -0.393 e. The van der Waals surface area contributed by atoms with Gasteiger partial charge < -0.3 is 10.8 Å². The Morgan fingerprint density at radius 3 is 3.05 bits per heavy atom. The number of fused-ring (bicyclic) bond motifs is 1. The second kappa shape index (κ2) is 7.79. The van der Waals surface area contributed by atoms with E-state index >= 15 is 0 Å². The number of aliphatic hydroxyl groups is 1. The minimum absolute atomic E-state index is 0.273. The van der Waals surface area contributed by atoms with Gasteiger partial charge in [0.15, 0.2) is 0 Å². The molecule has 0 saturated heterocycles. The molecule has 0 radical (unpaired) electrons. The van der Waals surface area contributed by atoms with E-state index in [2.05, 4.69) is 25.2 Å². The van der Waals surface area contributed by atoms with Crippen molar-refractivity contribution in [1.82, 2.24) is 0 Å². The first-order valence-electron chi connectivity index (χ1n) is 8.42. The minimum atomic E-state index is -0.293. The van der Waals surface area contributed by atoms with E-state index in [1.54, 1.807) is 0 Å². The van der Waals surface area contributed by atoms with Crippen molar-refractivity contribution in [2.75, 3.05) is 0 Å². The van der Waals surface area contributed by atoms with Crippen LogP contribution in [0.2, 0.25) is 0 Å². The lowest BCUT2D eigenvalue weighted by Gasteiger charge is -2.37. The van der Waals surface area contributed by atoms with Crippen molar-refractivity contribution < 1.29 is 9.90 Å². The Balaban J connectivity index is 1.81. The van der Waals surface area contributed by atoms with Crippen LogP contribution in [0.5, 0.6) is 0 Å². The predicted molar refractivity (Wildman–Crippen MR) is 85.5 cm³/mol.